The minimum Gasteiger partial charge on any atom is -0.457 e. The van der Waals surface area contributed by atoms with E-state index in [1.165, 1.54) is 31.4 Å². The van der Waals surface area contributed by atoms with Gasteiger partial charge in [0.05, 0.1) is 12.3 Å². The Kier molecular flexibility index (Phi) is 7.85. The van der Waals surface area contributed by atoms with Crippen molar-refractivity contribution < 1.29 is 28.6 Å². The van der Waals surface area contributed by atoms with Crippen molar-refractivity contribution in [2.75, 3.05) is 25.6 Å². The molecule has 2 aromatic carbocycles. The van der Waals surface area contributed by atoms with E-state index in [9.17, 15) is 19.1 Å². The Balaban J connectivity index is 1.66. The van der Waals surface area contributed by atoms with Gasteiger partial charge in [0.25, 0.3) is 5.91 Å². The Hall–Kier alpha value is -3.82. The number of rotatable bonds is 9. The van der Waals surface area contributed by atoms with E-state index in [1.807, 2.05) is 0 Å². The van der Waals surface area contributed by atoms with Crippen molar-refractivity contribution in [3.63, 3.8) is 0 Å². The fourth-order valence-corrected chi connectivity index (χ4v) is 2.77. The number of hydrogen-bond acceptors (Lipinski definition) is 6. The Labute approximate surface area is 184 Å². The fourth-order valence-electron chi connectivity index (χ4n) is 2.77. The molecule has 2 amide bonds. The molecule has 1 atom stereocenters. The van der Waals surface area contributed by atoms with Gasteiger partial charge >= 0.3 is 0 Å². The smallest absolute Gasteiger partial charge is 0.250 e. The zero-order chi connectivity index (χ0) is 22.9. The predicted molar refractivity (Wildman–Crippen MR) is 116 cm³/mol. The second kappa shape index (κ2) is 11.0. The van der Waals surface area contributed by atoms with Crippen molar-refractivity contribution in [3.05, 3.63) is 72.5 Å². The summed E-state index contributed by atoms with van der Waals surface area (Å²) in [6, 6.07) is 16.8. The van der Waals surface area contributed by atoms with Crippen LogP contribution in [0.5, 0.6) is 11.5 Å². The summed E-state index contributed by atoms with van der Waals surface area (Å²) in [7, 11) is 1.35. The highest BCUT2D eigenvalue weighted by molar-refractivity contribution is 5.97. The molecule has 0 aliphatic rings. The third-order valence-corrected chi connectivity index (χ3v) is 4.31. The molecule has 0 spiro atoms. The summed E-state index contributed by atoms with van der Waals surface area (Å²) in [6.45, 7) is -0.797. The summed E-state index contributed by atoms with van der Waals surface area (Å²) in [5, 5.41) is 14.4. The largest absolute Gasteiger partial charge is 0.457 e. The molecule has 3 rings (SSSR count). The van der Waals surface area contributed by atoms with E-state index in [0.29, 0.717) is 17.2 Å². The third kappa shape index (κ3) is 6.34. The van der Waals surface area contributed by atoms with Crippen LogP contribution in [0, 0.1) is 5.82 Å². The molecule has 166 valence electrons. The van der Waals surface area contributed by atoms with Gasteiger partial charge in [-0.05, 0) is 60.7 Å². The molecule has 3 aromatic rings. The topological polar surface area (TPSA) is 110 Å². The van der Waals surface area contributed by atoms with Crippen LogP contribution in [0.25, 0.3) is 11.3 Å². The second-order valence-corrected chi connectivity index (χ2v) is 6.71. The molecule has 0 radical (unpaired) electrons. The number of aromatic nitrogens is 1. The van der Waals surface area contributed by atoms with Crippen molar-refractivity contribution in [1.29, 1.82) is 0 Å². The van der Waals surface area contributed by atoms with E-state index in [1.54, 1.807) is 42.5 Å². The molecular formula is C23H22FN3O5. The molecule has 1 heterocycles. The molecule has 0 aliphatic heterocycles. The second-order valence-electron chi connectivity index (χ2n) is 6.71. The summed E-state index contributed by atoms with van der Waals surface area (Å²) in [6.07, 6.45) is 0. The number of carbonyl (C=O) groups is 2. The van der Waals surface area contributed by atoms with Crippen LogP contribution in [0.15, 0.2) is 66.7 Å². The number of benzene rings is 2. The summed E-state index contributed by atoms with van der Waals surface area (Å²) < 4.78 is 23.4. The van der Waals surface area contributed by atoms with Crippen LogP contribution in [-0.2, 0) is 14.3 Å². The summed E-state index contributed by atoms with van der Waals surface area (Å²) >= 11 is 0. The number of carbonyl (C=O) groups excluding carboxylic acids is 2. The van der Waals surface area contributed by atoms with Gasteiger partial charge in [-0.3, -0.25) is 9.59 Å². The lowest BCUT2D eigenvalue weighted by Crippen LogP contribution is -2.47. The Morgan fingerprint density at radius 3 is 2.31 bits per heavy atom. The molecule has 0 saturated carbocycles. The number of methoxy groups -OCH3 is 1. The quantitative estimate of drug-likeness (QED) is 0.473. The van der Waals surface area contributed by atoms with Gasteiger partial charge in [-0.1, -0.05) is 6.07 Å². The highest BCUT2D eigenvalue weighted by Gasteiger charge is 2.20. The standard InChI is InChI=1S/C23H22FN3O5/c1-31-14-22(29)26-20(13-28)23(30)27-21-4-2-3-19(25-21)15-5-9-17(10-6-15)32-18-11-7-16(24)8-12-18/h2-12,20,28H,13-14H2,1H3,(H,26,29)(H,25,27,30)/t20-/m0/s1. The van der Waals surface area contributed by atoms with Crippen LogP contribution in [0.3, 0.4) is 0 Å². The zero-order valence-corrected chi connectivity index (χ0v) is 17.2. The number of nitrogens with zero attached hydrogens (tertiary/aromatic N) is 1. The average molecular weight is 439 g/mol. The molecule has 0 unspecified atom stereocenters. The minimum absolute atomic E-state index is 0.224. The number of anilines is 1. The van der Waals surface area contributed by atoms with Crippen molar-refractivity contribution in [2.24, 2.45) is 0 Å². The molecule has 3 N–H and O–H groups in total. The molecule has 1 aromatic heterocycles. The molecular weight excluding hydrogens is 417 g/mol. The molecule has 0 saturated heterocycles. The molecule has 8 nitrogen and oxygen atoms in total. The number of aliphatic hydroxyl groups is 1. The number of aliphatic hydroxyl groups excluding tert-OH is 1. The first kappa shape index (κ1) is 22.9. The van der Waals surface area contributed by atoms with Gasteiger partial charge in [-0.2, -0.15) is 0 Å². The monoisotopic (exact) mass is 439 g/mol. The zero-order valence-electron chi connectivity index (χ0n) is 17.2. The van der Waals surface area contributed by atoms with Crippen molar-refractivity contribution in [3.8, 4) is 22.8 Å². The maximum Gasteiger partial charge on any atom is 0.250 e. The minimum atomic E-state index is -1.13. The van der Waals surface area contributed by atoms with Gasteiger partial charge in [-0.25, -0.2) is 9.37 Å². The van der Waals surface area contributed by atoms with Gasteiger partial charge < -0.3 is 25.2 Å². The Morgan fingerprint density at radius 2 is 1.69 bits per heavy atom. The molecule has 9 heteroatoms. The van der Waals surface area contributed by atoms with Gasteiger partial charge in [0.1, 0.15) is 35.8 Å². The SMILES string of the molecule is COCC(=O)N[C@@H](CO)C(=O)Nc1cccc(-c2ccc(Oc3ccc(F)cc3)cc2)n1. The number of halogens is 1. The molecule has 0 fully saturated rings. The van der Waals surface area contributed by atoms with Crippen LogP contribution < -0.4 is 15.4 Å². The fraction of sp³-hybridized carbons (Fsp3) is 0.174. The van der Waals surface area contributed by atoms with E-state index in [2.05, 4.69) is 15.6 Å². The molecule has 32 heavy (non-hydrogen) atoms. The van der Waals surface area contributed by atoms with Crippen LogP contribution in [0.4, 0.5) is 10.2 Å². The van der Waals surface area contributed by atoms with Gasteiger partial charge in [0.2, 0.25) is 5.91 Å². The van der Waals surface area contributed by atoms with Crippen LogP contribution in [0.2, 0.25) is 0 Å². The number of hydrogen-bond donors (Lipinski definition) is 3. The predicted octanol–water partition coefficient (Wildman–Crippen LogP) is 2.74. The van der Waals surface area contributed by atoms with Crippen molar-refractivity contribution in [1.82, 2.24) is 10.3 Å². The highest BCUT2D eigenvalue weighted by atomic mass is 19.1. The lowest BCUT2D eigenvalue weighted by molar-refractivity contribution is -0.129. The van der Waals surface area contributed by atoms with Gasteiger partial charge in [0, 0.05) is 12.7 Å². The summed E-state index contributed by atoms with van der Waals surface area (Å²) in [5.41, 5.74) is 1.37. The van der Waals surface area contributed by atoms with Gasteiger partial charge in [-0.15, -0.1) is 0 Å². The van der Waals surface area contributed by atoms with E-state index in [-0.39, 0.29) is 18.2 Å². The van der Waals surface area contributed by atoms with Gasteiger partial charge in [0.15, 0.2) is 0 Å². The van der Waals surface area contributed by atoms with E-state index in [4.69, 9.17) is 9.47 Å². The summed E-state index contributed by atoms with van der Waals surface area (Å²) in [5.74, 6) is -0.122. The lowest BCUT2D eigenvalue weighted by atomic mass is 10.1. The number of amides is 2. The first-order chi connectivity index (χ1) is 15.5. The third-order valence-electron chi connectivity index (χ3n) is 4.31. The van der Waals surface area contributed by atoms with E-state index >= 15 is 0 Å². The summed E-state index contributed by atoms with van der Waals surface area (Å²) in [4.78, 5) is 28.4. The first-order valence-corrected chi connectivity index (χ1v) is 9.69. The lowest BCUT2D eigenvalue weighted by Gasteiger charge is -2.16. The average Bonchev–Trinajstić information content (AvgIpc) is 2.80. The first-order valence-electron chi connectivity index (χ1n) is 9.69. The van der Waals surface area contributed by atoms with Crippen molar-refractivity contribution in [2.45, 2.75) is 6.04 Å². The normalized spacial score (nSPS) is 11.5. The number of nitrogens with one attached hydrogen (secondary N) is 2. The molecule has 0 aliphatic carbocycles. The number of pyridine rings is 1. The Morgan fingerprint density at radius 1 is 1.03 bits per heavy atom. The maximum absolute atomic E-state index is 13.0. The highest BCUT2D eigenvalue weighted by Crippen LogP contribution is 2.25. The van der Waals surface area contributed by atoms with E-state index in [0.717, 1.165) is 5.56 Å². The molecule has 0 bridgehead atoms. The Bertz CT molecular complexity index is 1060. The van der Waals surface area contributed by atoms with Crippen LogP contribution in [0.1, 0.15) is 0 Å². The van der Waals surface area contributed by atoms with Crippen LogP contribution in [-0.4, -0.2) is 48.3 Å². The van der Waals surface area contributed by atoms with Crippen molar-refractivity contribution >= 4 is 17.6 Å². The maximum atomic E-state index is 13.0. The van der Waals surface area contributed by atoms with E-state index < -0.39 is 24.5 Å². The number of ether oxygens (including phenoxy) is 2. The van der Waals surface area contributed by atoms with Crippen LogP contribution >= 0.6 is 0 Å².